The van der Waals surface area contributed by atoms with Crippen LogP contribution in [0.2, 0.25) is 0 Å². The molecule has 0 saturated carbocycles. The Morgan fingerprint density at radius 3 is 2.41 bits per heavy atom. The van der Waals surface area contributed by atoms with Gasteiger partial charge >= 0.3 is 5.69 Å². The molecule has 0 saturated heterocycles. The van der Waals surface area contributed by atoms with E-state index in [2.05, 4.69) is 42.1 Å². The first-order valence-electron chi connectivity index (χ1n) is 7.88. The number of benzene rings is 2. The van der Waals surface area contributed by atoms with Gasteiger partial charge in [-0.2, -0.15) is 0 Å². The molecule has 3 N–H and O–H groups in total. The van der Waals surface area contributed by atoms with E-state index in [9.17, 15) is 23.7 Å². The van der Waals surface area contributed by atoms with Crippen molar-refractivity contribution in [3.63, 3.8) is 0 Å². The summed E-state index contributed by atoms with van der Waals surface area (Å²) >= 11 is 3.12. The van der Waals surface area contributed by atoms with E-state index in [4.69, 9.17) is 0 Å². The first-order chi connectivity index (χ1) is 13.8. The van der Waals surface area contributed by atoms with Gasteiger partial charge in [-0.1, -0.05) is 15.9 Å². The van der Waals surface area contributed by atoms with Crippen LogP contribution in [0.1, 0.15) is 10.4 Å². The summed E-state index contributed by atoms with van der Waals surface area (Å²) in [6.07, 6.45) is 0.998. The van der Waals surface area contributed by atoms with Crippen molar-refractivity contribution in [1.82, 2.24) is 15.4 Å². The summed E-state index contributed by atoms with van der Waals surface area (Å²) in [6, 6.07) is 8.76. The Hall–Kier alpha value is -3.67. The number of hydrazine groups is 1. The fourth-order valence-corrected chi connectivity index (χ4v) is 2.58. The number of nitrogens with zero attached hydrogens (tertiary/aromatic N) is 3. The molecule has 1 heterocycles. The summed E-state index contributed by atoms with van der Waals surface area (Å²) in [5.74, 6) is -2.47. The summed E-state index contributed by atoms with van der Waals surface area (Å²) in [5.41, 5.74) is 4.01. The van der Waals surface area contributed by atoms with E-state index in [0.717, 1.165) is 18.5 Å². The third-order valence-corrected chi connectivity index (χ3v) is 4.08. The van der Waals surface area contributed by atoms with E-state index >= 15 is 0 Å². The molecule has 2 aromatic carbocycles. The molecular formula is C17H11BrF2N6O3. The Balaban J connectivity index is 1.83. The van der Waals surface area contributed by atoms with Gasteiger partial charge in [-0.05, 0) is 42.5 Å². The van der Waals surface area contributed by atoms with E-state index in [1.54, 1.807) is 6.07 Å². The predicted molar refractivity (Wildman–Crippen MR) is 104 cm³/mol. The van der Waals surface area contributed by atoms with Gasteiger partial charge in [0.1, 0.15) is 18.0 Å². The van der Waals surface area contributed by atoms with Crippen LogP contribution in [0.5, 0.6) is 0 Å². The molecule has 0 fully saturated rings. The van der Waals surface area contributed by atoms with Crippen LogP contribution in [0.15, 0.2) is 53.3 Å². The van der Waals surface area contributed by atoms with Crippen LogP contribution in [-0.4, -0.2) is 20.8 Å². The molecule has 0 radical (unpaired) electrons. The van der Waals surface area contributed by atoms with Gasteiger partial charge in [-0.25, -0.2) is 18.7 Å². The zero-order chi connectivity index (χ0) is 21.0. The smallest absolute Gasteiger partial charge is 0.332 e. The van der Waals surface area contributed by atoms with Crippen molar-refractivity contribution in [2.24, 2.45) is 0 Å². The Labute approximate surface area is 170 Å². The van der Waals surface area contributed by atoms with E-state index in [1.165, 1.54) is 24.3 Å². The minimum Gasteiger partial charge on any atom is -0.332 e. The molecule has 3 aromatic rings. The van der Waals surface area contributed by atoms with Gasteiger partial charge in [-0.3, -0.25) is 25.8 Å². The van der Waals surface area contributed by atoms with Crippen molar-refractivity contribution in [3.05, 3.63) is 80.6 Å². The molecule has 0 atom stereocenters. The van der Waals surface area contributed by atoms with Crippen LogP contribution in [0, 0.1) is 21.7 Å². The molecule has 9 nitrogen and oxygen atoms in total. The van der Waals surface area contributed by atoms with Gasteiger partial charge in [0.05, 0.1) is 10.6 Å². The molecular weight excluding hydrogens is 454 g/mol. The molecule has 0 aliphatic carbocycles. The fourth-order valence-electron chi connectivity index (χ4n) is 2.24. The van der Waals surface area contributed by atoms with Crippen LogP contribution >= 0.6 is 15.9 Å². The quantitative estimate of drug-likeness (QED) is 0.373. The third-order valence-electron chi connectivity index (χ3n) is 3.59. The molecule has 1 amide bonds. The Morgan fingerprint density at radius 1 is 1.07 bits per heavy atom. The van der Waals surface area contributed by atoms with Crippen molar-refractivity contribution in [3.8, 4) is 0 Å². The molecule has 0 aliphatic rings. The average Bonchev–Trinajstić information content (AvgIpc) is 2.68. The number of halogens is 3. The Bertz CT molecular complexity index is 1080. The van der Waals surface area contributed by atoms with Crippen molar-refractivity contribution in [1.29, 1.82) is 0 Å². The van der Waals surface area contributed by atoms with Gasteiger partial charge in [0.25, 0.3) is 5.91 Å². The van der Waals surface area contributed by atoms with E-state index < -0.39 is 28.2 Å². The second-order valence-corrected chi connectivity index (χ2v) is 6.43. The first kappa shape index (κ1) is 20.1. The lowest BCUT2D eigenvalue weighted by Crippen LogP contribution is -2.30. The number of hydrogen-bond acceptors (Lipinski definition) is 7. The Kier molecular flexibility index (Phi) is 5.93. The van der Waals surface area contributed by atoms with Crippen molar-refractivity contribution < 1.29 is 18.5 Å². The molecule has 148 valence electrons. The highest BCUT2D eigenvalue weighted by Crippen LogP contribution is 2.32. The van der Waals surface area contributed by atoms with Gasteiger partial charge in [-0.15, -0.1) is 0 Å². The Morgan fingerprint density at radius 2 is 1.76 bits per heavy atom. The summed E-state index contributed by atoms with van der Waals surface area (Å²) in [6.45, 7) is 0. The predicted octanol–water partition coefficient (Wildman–Crippen LogP) is 3.93. The number of hydrogen-bond donors (Lipinski definition) is 3. The molecule has 12 heteroatoms. The lowest BCUT2D eigenvalue weighted by atomic mass is 10.2. The highest BCUT2D eigenvalue weighted by molar-refractivity contribution is 9.10. The molecule has 0 aliphatic heterocycles. The molecule has 3 rings (SSSR count). The summed E-state index contributed by atoms with van der Waals surface area (Å²) < 4.78 is 27.5. The highest BCUT2D eigenvalue weighted by Gasteiger charge is 2.24. The summed E-state index contributed by atoms with van der Waals surface area (Å²) in [7, 11) is 0. The lowest BCUT2D eigenvalue weighted by Gasteiger charge is -2.11. The number of aromatic nitrogens is 2. The highest BCUT2D eigenvalue weighted by atomic mass is 79.9. The first-order valence-corrected chi connectivity index (χ1v) is 8.68. The number of nitrogens with one attached hydrogen (secondary N) is 3. The summed E-state index contributed by atoms with van der Waals surface area (Å²) in [4.78, 5) is 30.3. The average molecular weight is 465 g/mol. The molecule has 0 bridgehead atoms. The lowest BCUT2D eigenvalue weighted by molar-refractivity contribution is -0.383. The van der Waals surface area contributed by atoms with Crippen molar-refractivity contribution in [2.75, 3.05) is 10.7 Å². The monoisotopic (exact) mass is 464 g/mol. The molecule has 0 unspecified atom stereocenters. The maximum Gasteiger partial charge on any atom is 0.355 e. The van der Waals surface area contributed by atoms with Crippen molar-refractivity contribution in [2.45, 2.75) is 0 Å². The number of carbonyl (C=O) groups excluding carboxylic acids is 1. The van der Waals surface area contributed by atoms with Crippen LogP contribution in [-0.2, 0) is 0 Å². The molecule has 29 heavy (non-hydrogen) atoms. The zero-order valence-electron chi connectivity index (χ0n) is 14.3. The van der Waals surface area contributed by atoms with Crippen LogP contribution in [0.25, 0.3) is 0 Å². The number of anilines is 3. The topological polar surface area (TPSA) is 122 Å². The maximum atomic E-state index is 14.0. The third kappa shape index (κ3) is 4.79. The van der Waals surface area contributed by atoms with Gasteiger partial charge in [0.2, 0.25) is 11.6 Å². The minimum absolute atomic E-state index is 0.0451. The number of amides is 1. The SMILES string of the molecule is O=C(NNc1ncnc(Nc2ccc(Br)cc2F)c1[N+](=O)[O-])c1ccc(F)cc1. The van der Waals surface area contributed by atoms with Gasteiger partial charge in [0.15, 0.2) is 0 Å². The number of carbonyl (C=O) groups is 1. The second kappa shape index (κ2) is 8.56. The molecule has 1 aromatic heterocycles. The maximum absolute atomic E-state index is 14.0. The standard InChI is InChI=1S/C17H11BrF2N6O3/c18-10-3-6-13(12(20)7-10)23-15-14(26(28)29)16(22-8-21-15)24-25-17(27)9-1-4-11(19)5-2-9/h1-8H,(H,25,27)(H2,21,22,23,24). The number of nitro groups is 1. The summed E-state index contributed by atoms with van der Waals surface area (Å²) in [5, 5.41) is 14.0. The van der Waals surface area contributed by atoms with Crippen LogP contribution < -0.4 is 16.2 Å². The van der Waals surface area contributed by atoms with E-state index in [0.29, 0.717) is 4.47 Å². The normalized spacial score (nSPS) is 10.3. The second-order valence-electron chi connectivity index (χ2n) is 5.51. The number of rotatable bonds is 6. The fraction of sp³-hybridized carbons (Fsp3) is 0. The largest absolute Gasteiger partial charge is 0.355 e. The van der Waals surface area contributed by atoms with Crippen LogP contribution in [0.4, 0.5) is 31.8 Å². The minimum atomic E-state index is -0.786. The zero-order valence-corrected chi connectivity index (χ0v) is 15.9. The van der Waals surface area contributed by atoms with Crippen molar-refractivity contribution >= 4 is 44.8 Å². The van der Waals surface area contributed by atoms with E-state index in [-0.39, 0.29) is 22.9 Å². The van der Waals surface area contributed by atoms with Gasteiger partial charge in [0, 0.05) is 10.0 Å². The van der Waals surface area contributed by atoms with Gasteiger partial charge < -0.3 is 5.32 Å². The molecule has 0 spiro atoms. The van der Waals surface area contributed by atoms with Crippen LogP contribution in [0.3, 0.4) is 0 Å². The van der Waals surface area contributed by atoms with E-state index in [1.807, 2.05) is 0 Å².